The Morgan fingerprint density at radius 3 is 2.52 bits per heavy atom. The minimum Gasteiger partial charge on any atom is -0.351 e. The van der Waals surface area contributed by atoms with E-state index in [9.17, 15) is 0 Å². The Kier molecular flexibility index (Phi) is 5.52. The van der Waals surface area contributed by atoms with Gasteiger partial charge in [-0.2, -0.15) is 0 Å². The van der Waals surface area contributed by atoms with Gasteiger partial charge in [-0.15, -0.1) is 0 Å². The molecule has 2 unspecified atom stereocenters. The van der Waals surface area contributed by atoms with E-state index in [1.54, 1.807) is 0 Å². The van der Waals surface area contributed by atoms with Crippen LogP contribution in [0.4, 0.5) is 5.69 Å². The Bertz CT molecular complexity index is 1230. The van der Waals surface area contributed by atoms with Crippen LogP contribution in [0.5, 0.6) is 0 Å². The molecule has 154 valence electrons. The second-order valence-electron chi connectivity index (χ2n) is 7.26. The number of anilines is 1. The lowest BCUT2D eigenvalue weighted by molar-refractivity contribution is 0.549. The van der Waals surface area contributed by atoms with Gasteiger partial charge in [0.25, 0.3) is 0 Å². The van der Waals surface area contributed by atoms with E-state index in [0.717, 1.165) is 27.2 Å². The number of halogens is 2. The molecule has 1 fully saturated rings. The largest absolute Gasteiger partial charge is 0.351 e. The average Bonchev–Trinajstić information content (AvgIpc) is 3.39. The van der Waals surface area contributed by atoms with Crippen LogP contribution < -0.4 is 10.2 Å². The van der Waals surface area contributed by atoms with Gasteiger partial charge in [0.15, 0.2) is 5.11 Å². The zero-order valence-electron chi connectivity index (χ0n) is 16.3. The molecule has 3 heterocycles. The molecule has 2 aromatic carbocycles. The molecule has 1 saturated heterocycles. The van der Waals surface area contributed by atoms with Gasteiger partial charge in [0, 0.05) is 39.0 Å². The van der Waals surface area contributed by atoms with Crippen LogP contribution >= 0.6 is 39.7 Å². The second-order valence-corrected chi connectivity index (χ2v) is 8.99. The van der Waals surface area contributed by atoms with Crippen LogP contribution in [0.1, 0.15) is 23.5 Å². The Morgan fingerprint density at radius 2 is 1.77 bits per heavy atom. The average molecular weight is 510 g/mol. The maximum atomic E-state index is 6.15. The Labute approximate surface area is 199 Å². The van der Waals surface area contributed by atoms with E-state index in [-0.39, 0.29) is 12.1 Å². The SMILES string of the molecule is S=C1NC(c2ccccn2)C(c2cccn2-c2cccc(Br)c2)N1c1ccc(Cl)cc1. The Balaban J connectivity index is 1.67. The van der Waals surface area contributed by atoms with Crippen molar-refractivity contribution in [3.05, 3.63) is 112 Å². The molecule has 1 N–H and O–H groups in total. The number of rotatable bonds is 4. The molecule has 4 aromatic rings. The van der Waals surface area contributed by atoms with Crippen molar-refractivity contribution in [2.75, 3.05) is 4.90 Å². The number of nitrogens with one attached hydrogen (secondary N) is 1. The zero-order valence-corrected chi connectivity index (χ0v) is 19.5. The summed E-state index contributed by atoms with van der Waals surface area (Å²) >= 11 is 15.5. The van der Waals surface area contributed by atoms with Crippen LogP contribution in [-0.2, 0) is 0 Å². The molecule has 0 radical (unpaired) electrons. The first-order valence-corrected chi connectivity index (χ1v) is 11.4. The highest BCUT2D eigenvalue weighted by atomic mass is 79.9. The normalized spacial score (nSPS) is 18.3. The predicted octanol–water partition coefficient (Wildman–Crippen LogP) is 6.47. The Morgan fingerprint density at radius 1 is 0.935 bits per heavy atom. The maximum absolute atomic E-state index is 6.15. The molecule has 31 heavy (non-hydrogen) atoms. The van der Waals surface area contributed by atoms with Crippen LogP contribution in [0, 0.1) is 0 Å². The minimum atomic E-state index is -0.106. The van der Waals surface area contributed by atoms with Crippen molar-refractivity contribution >= 4 is 50.5 Å². The molecule has 4 nitrogen and oxygen atoms in total. The van der Waals surface area contributed by atoms with E-state index in [0.29, 0.717) is 10.1 Å². The van der Waals surface area contributed by atoms with E-state index in [4.69, 9.17) is 23.8 Å². The van der Waals surface area contributed by atoms with Gasteiger partial charge < -0.3 is 14.8 Å². The molecule has 5 rings (SSSR count). The molecule has 2 atom stereocenters. The third kappa shape index (κ3) is 3.87. The summed E-state index contributed by atoms with van der Waals surface area (Å²) in [7, 11) is 0. The van der Waals surface area contributed by atoms with Gasteiger partial charge in [0.2, 0.25) is 0 Å². The molecular formula is C24H18BrClN4S. The zero-order chi connectivity index (χ0) is 21.4. The molecule has 1 aliphatic heterocycles. The fourth-order valence-electron chi connectivity index (χ4n) is 4.03. The summed E-state index contributed by atoms with van der Waals surface area (Å²) < 4.78 is 3.23. The molecular weight excluding hydrogens is 492 g/mol. The van der Waals surface area contributed by atoms with Crippen molar-refractivity contribution in [1.82, 2.24) is 14.9 Å². The third-order valence-corrected chi connectivity index (χ3v) is 6.43. The molecule has 0 aliphatic carbocycles. The number of hydrogen-bond donors (Lipinski definition) is 1. The predicted molar refractivity (Wildman–Crippen MR) is 133 cm³/mol. The molecule has 0 spiro atoms. The smallest absolute Gasteiger partial charge is 0.174 e. The number of nitrogens with zero attached hydrogens (tertiary/aromatic N) is 3. The van der Waals surface area contributed by atoms with Crippen LogP contribution in [0.25, 0.3) is 5.69 Å². The highest BCUT2D eigenvalue weighted by molar-refractivity contribution is 9.10. The first kappa shape index (κ1) is 20.2. The number of aromatic nitrogens is 2. The van der Waals surface area contributed by atoms with E-state index in [2.05, 4.69) is 66.2 Å². The summed E-state index contributed by atoms with van der Waals surface area (Å²) in [6, 6.07) is 26.0. The van der Waals surface area contributed by atoms with Gasteiger partial charge in [0.1, 0.15) is 6.04 Å². The Hall–Kier alpha value is -2.67. The van der Waals surface area contributed by atoms with E-state index >= 15 is 0 Å². The molecule has 7 heteroatoms. The number of pyridine rings is 1. The standard InChI is InChI=1S/C24H18BrClN4S/c25-16-5-3-6-19(15-16)29-14-4-8-21(29)23-22(20-7-1-2-13-27-20)28-24(31)30(23)18-11-9-17(26)10-12-18/h1-15,22-23H,(H,28,31). The highest BCUT2D eigenvalue weighted by Crippen LogP contribution is 2.42. The summed E-state index contributed by atoms with van der Waals surface area (Å²) in [6.07, 6.45) is 3.89. The minimum absolute atomic E-state index is 0.0995. The van der Waals surface area contributed by atoms with E-state index in [1.165, 1.54) is 0 Å². The summed E-state index contributed by atoms with van der Waals surface area (Å²) in [6.45, 7) is 0. The van der Waals surface area contributed by atoms with Crippen LogP contribution in [0.3, 0.4) is 0 Å². The second kappa shape index (κ2) is 8.46. The van der Waals surface area contributed by atoms with Gasteiger partial charge in [-0.05, 0) is 78.9 Å². The van der Waals surface area contributed by atoms with Crippen molar-refractivity contribution in [2.24, 2.45) is 0 Å². The first-order chi connectivity index (χ1) is 15.1. The summed E-state index contributed by atoms with van der Waals surface area (Å²) in [4.78, 5) is 6.78. The van der Waals surface area contributed by atoms with Crippen molar-refractivity contribution < 1.29 is 0 Å². The maximum Gasteiger partial charge on any atom is 0.174 e. The fraction of sp³-hybridized carbons (Fsp3) is 0.0833. The van der Waals surface area contributed by atoms with Crippen molar-refractivity contribution in [3.8, 4) is 5.69 Å². The van der Waals surface area contributed by atoms with Crippen molar-refractivity contribution in [2.45, 2.75) is 12.1 Å². The van der Waals surface area contributed by atoms with Crippen LogP contribution in [0.2, 0.25) is 5.02 Å². The van der Waals surface area contributed by atoms with E-state index in [1.807, 2.05) is 60.8 Å². The van der Waals surface area contributed by atoms with Crippen molar-refractivity contribution in [3.63, 3.8) is 0 Å². The van der Waals surface area contributed by atoms with Gasteiger partial charge in [0.05, 0.1) is 11.7 Å². The number of hydrogen-bond acceptors (Lipinski definition) is 2. The van der Waals surface area contributed by atoms with Gasteiger partial charge in [-0.25, -0.2) is 0 Å². The van der Waals surface area contributed by atoms with Gasteiger partial charge >= 0.3 is 0 Å². The van der Waals surface area contributed by atoms with Gasteiger partial charge in [-0.1, -0.05) is 39.7 Å². The topological polar surface area (TPSA) is 33.1 Å². The molecule has 0 saturated carbocycles. The molecule has 2 aromatic heterocycles. The molecule has 0 bridgehead atoms. The lowest BCUT2D eigenvalue weighted by atomic mass is 10.0. The fourth-order valence-corrected chi connectivity index (χ4v) is 4.89. The molecule has 0 amide bonds. The van der Waals surface area contributed by atoms with Crippen molar-refractivity contribution in [1.29, 1.82) is 0 Å². The summed E-state index contributed by atoms with van der Waals surface area (Å²) in [5.74, 6) is 0. The number of benzene rings is 2. The third-order valence-electron chi connectivity index (χ3n) is 5.37. The lowest BCUT2D eigenvalue weighted by Gasteiger charge is -2.29. The van der Waals surface area contributed by atoms with Crippen LogP contribution in [0.15, 0.2) is 95.7 Å². The number of thiocarbonyl (C=S) groups is 1. The summed E-state index contributed by atoms with van der Waals surface area (Å²) in [5, 5.41) is 4.85. The van der Waals surface area contributed by atoms with Gasteiger partial charge in [-0.3, -0.25) is 4.98 Å². The molecule has 1 aliphatic rings. The highest BCUT2D eigenvalue weighted by Gasteiger charge is 2.42. The van der Waals surface area contributed by atoms with Crippen LogP contribution in [-0.4, -0.2) is 14.7 Å². The monoisotopic (exact) mass is 508 g/mol. The van der Waals surface area contributed by atoms with E-state index < -0.39 is 0 Å². The lowest BCUT2D eigenvalue weighted by Crippen LogP contribution is -2.30. The quantitative estimate of drug-likeness (QED) is 0.320. The first-order valence-electron chi connectivity index (χ1n) is 9.81. The summed E-state index contributed by atoms with van der Waals surface area (Å²) in [5.41, 5.74) is 4.10.